The number of benzene rings is 2. The van der Waals surface area contributed by atoms with Gasteiger partial charge in [-0.15, -0.1) is 11.8 Å². The number of anilines is 1. The van der Waals surface area contributed by atoms with Crippen LogP contribution in [0.4, 0.5) is 5.69 Å². The highest BCUT2D eigenvalue weighted by atomic mass is 35.5. The Kier molecular flexibility index (Phi) is 6.16. The van der Waals surface area contributed by atoms with Gasteiger partial charge in [0.05, 0.1) is 18.0 Å². The first kappa shape index (κ1) is 16.7. The summed E-state index contributed by atoms with van der Waals surface area (Å²) in [6.07, 6.45) is 0. The maximum absolute atomic E-state index is 12.3. The molecule has 0 saturated heterocycles. The molecular weight excluding hydrogens is 318 g/mol. The van der Waals surface area contributed by atoms with E-state index in [1.807, 2.05) is 55.5 Å². The standard InChI is InChI=1S/C17H18ClNO2S/c1-12(22-11-13-7-3-4-8-14(13)18)17(20)19-15-9-5-6-10-16(15)21-2/h3-10,12H,11H2,1-2H3,(H,19,20). The fourth-order valence-electron chi connectivity index (χ4n) is 1.89. The fraction of sp³-hybridized carbons (Fsp3) is 0.235. The Morgan fingerprint density at radius 1 is 1.23 bits per heavy atom. The number of carbonyl (C=O) groups is 1. The lowest BCUT2D eigenvalue weighted by atomic mass is 10.2. The van der Waals surface area contributed by atoms with E-state index >= 15 is 0 Å². The molecule has 0 aliphatic rings. The Bertz CT molecular complexity index is 648. The number of amides is 1. The predicted molar refractivity (Wildman–Crippen MR) is 93.8 cm³/mol. The average molecular weight is 336 g/mol. The van der Waals surface area contributed by atoms with Crippen molar-refractivity contribution in [2.45, 2.75) is 17.9 Å². The van der Waals surface area contributed by atoms with Gasteiger partial charge in [-0.25, -0.2) is 0 Å². The summed E-state index contributed by atoms with van der Waals surface area (Å²) in [7, 11) is 1.58. The molecule has 2 rings (SSSR count). The first-order valence-electron chi connectivity index (χ1n) is 6.90. The molecule has 0 bridgehead atoms. The van der Waals surface area contributed by atoms with Crippen LogP contribution >= 0.6 is 23.4 Å². The molecule has 1 N–H and O–H groups in total. The van der Waals surface area contributed by atoms with E-state index in [0.29, 0.717) is 17.2 Å². The zero-order valence-electron chi connectivity index (χ0n) is 12.5. The molecule has 0 heterocycles. The van der Waals surface area contributed by atoms with Gasteiger partial charge in [0, 0.05) is 10.8 Å². The van der Waals surface area contributed by atoms with Crippen molar-refractivity contribution in [2.75, 3.05) is 12.4 Å². The Morgan fingerprint density at radius 3 is 2.64 bits per heavy atom. The van der Waals surface area contributed by atoms with Crippen LogP contribution in [0.3, 0.4) is 0 Å². The molecule has 3 nitrogen and oxygen atoms in total. The predicted octanol–water partition coefficient (Wildman–Crippen LogP) is 4.61. The van der Waals surface area contributed by atoms with Crippen LogP contribution in [0.25, 0.3) is 0 Å². The first-order valence-corrected chi connectivity index (χ1v) is 8.33. The van der Waals surface area contributed by atoms with Gasteiger partial charge in [0.15, 0.2) is 0 Å². The molecule has 1 unspecified atom stereocenters. The van der Waals surface area contributed by atoms with Crippen LogP contribution in [0.15, 0.2) is 48.5 Å². The van der Waals surface area contributed by atoms with Crippen molar-refractivity contribution in [1.29, 1.82) is 0 Å². The van der Waals surface area contributed by atoms with Gasteiger partial charge in [-0.2, -0.15) is 0 Å². The molecule has 116 valence electrons. The molecule has 0 radical (unpaired) electrons. The number of hydrogen-bond donors (Lipinski definition) is 1. The second kappa shape index (κ2) is 8.11. The van der Waals surface area contributed by atoms with Crippen LogP contribution < -0.4 is 10.1 Å². The minimum Gasteiger partial charge on any atom is -0.495 e. The van der Waals surface area contributed by atoms with Crippen LogP contribution in [0.5, 0.6) is 5.75 Å². The van der Waals surface area contributed by atoms with E-state index < -0.39 is 0 Å². The number of methoxy groups -OCH3 is 1. The number of nitrogens with one attached hydrogen (secondary N) is 1. The third-order valence-electron chi connectivity index (χ3n) is 3.18. The molecule has 0 aromatic heterocycles. The number of rotatable bonds is 6. The third-order valence-corrected chi connectivity index (χ3v) is 4.74. The van der Waals surface area contributed by atoms with Crippen molar-refractivity contribution >= 4 is 35.0 Å². The number of ether oxygens (including phenoxy) is 1. The molecule has 0 aliphatic heterocycles. The van der Waals surface area contributed by atoms with Gasteiger partial charge in [-0.3, -0.25) is 4.79 Å². The zero-order valence-corrected chi connectivity index (χ0v) is 14.1. The second-order valence-electron chi connectivity index (χ2n) is 4.73. The summed E-state index contributed by atoms with van der Waals surface area (Å²) in [5.41, 5.74) is 1.71. The summed E-state index contributed by atoms with van der Waals surface area (Å²) in [6, 6.07) is 15.0. The van der Waals surface area contributed by atoms with Gasteiger partial charge < -0.3 is 10.1 Å². The summed E-state index contributed by atoms with van der Waals surface area (Å²) >= 11 is 7.67. The maximum Gasteiger partial charge on any atom is 0.237 e. The average Bonchev–Trinajstić information content (AvgIpc) is 2.54. The molecule has 0 saturated carbocycles. The second-order valence-corrected chi connectivity index (χ2v) is 6.47. The van der Waals surface area contributed by atoms with Crippen LogP contribution in [-0.4, -0.2) is 18.3 Å². The lowest BCUT2D eigenvalue weighted by Gasteiger charge is -2.14. The van der Waals surface area contributed by atoms with Gasteiger partial charge in [0.2, 0.25) is 5.91 Å². The van der Waals surface area contributed by atoms with Crippen molar-refractivity contribution in [2.24, 2.45) is 0 Å². The van der Waals surface area contributed by atoms with Crippen molar-refractivity contribution < 1.29 is 9.53 Å². The topological polar surface area (TPSA) is 38.3 Å². The third kappa shape index (κ3) is 4.42. The Hall–Kier alpha value is -1.65. The number of carbonyl (C=O) groups excluding carboxylic acids is 1. The highest BCUT2D eigenvalue weighted by Gasteiger charge is 2.15. The SMILES string of the molecule is COc1ccccc1NC(=O)C(C)SCc1ccccc1Cl. The number of thioether (sulfide) groups is 1. The molecule has 2 aromatic rings. The Labute approximate surface area is 140 Å². The van der Waals surface area contributed by atoms with Crippen LogP contribution in [0.1, 0.15) is 12.5 Å². The van der Waals surface area contributed by atoms with Gasteiger partial charge in [0.25, 0.3) is 0 Å². The minimum atomic E-state index is -0.193. The van der Waals surface area contributed by atoms with E-state index in [0.717, 1.165) is 10.6 Å². The molecule has 1 atom stereocenters. The van der Waals surface area contributed by atoms with Gasteiger partial charge in [0.1, 0.15) is 5.75 Å². The highest BCUT2D eigenvalue weighted by Crippen LogP contribution is 2.26. The highest BCUT2D eigenvalue weighted by molar-refractivity contribution is 7.99. The Balaban J connectivity index is 1.94. The minimum absolute atomic E-state index is 0.0541. The van der Waals surface area contributed by atoms with Crippen molar-refractivity contribution in [3.63, 3.8) is 0 Å². The Morgan fingerprint density at radius 2 is 1.91 bits per heavy atom. The lowest BCUT2D eigenvalue weighted by Crippen LogP contribution is -2.22. The van der Waals surface area contributed by atoms with Gasteiger partial charge in [-0.1, -0.05) is 41.9 Å². The van der Waals surface area contributed by atoms with E-state index in [9.17, 15) is 4.79 Å². The normalized spacial score (nSPS) is 11.8. The van der Waals surface area contributed by atoms with Crippen molar-refractivity contribution in [3.05, 3.63) is 59.1 Å². The first-order chi connectivity index (χ1) is 10.6. The lowest BCUT2D eigenvalue weighted by molar-refractivity contribution is -0.115. The van der Waals surface area contributed by atoms with E-state index in [2.05, 4.69) is 5.32 Å². The number of hydrogen-bond acceptors (Lipinski definition) is 3. The molecule has 2 aromatic carbocycles. The summed E-state index contributed by atoms with van der Waals surface area (Å²) in [5.74, 6) is 1.29. The smallest absolute Gasteiger partial charge is 0.237 e. The number of para-hydroxylation sites is 2. The summed E-state index contributed by atoms with van der Waals surface area (Å²) in [6.45, 7) is 1.88. The van der Waals surface area contributed by atoms with Crippen LogP contribution in [-0.2, 0) is 10.5 Å². The summed E-state index contributed by atoms with van der Waals surface area (Å²) in [5, 5.41) is 3.43. The molecule has 1 amide bonds. The maximum atomic E-state index is 12.3. The van der Waals surface area contributed by atoms with Crippen LogP contribution in [0, 0.1) is 0 Å². The van der Waals surface area contributed by atoms with Crippen molar-refractivity contribution in [1.82, 2.24) is 0 Å². The van der Waals surface area contributed by atoms with E-state index in [4.69, 9.17) is 16.3 Å². The largest absolute Gasteiger partial charge is 0.495 e. The van der Waals surface area contributed by atoms with Crippen molar-refractivity contribution in [3.8, 4) is 5.75 Å². The summed E-state index contributed by atoms with van der Waals surface area (Å²) in [4.78, 5) is 12.3. The van der Waals surface area contributed by atoms with E-state index in [1.165, 1.54) is 0 Å². The fourth-order valence-corrected chi connectivity index (χ4v) is 3.06. The molecule has 0 fully saturated rings. The quantitative estimate of drug-likeness (QED) is 0.837. The van der Waals surface area contributed by atoms with E-state index in [1.54, 1.807) is 18.9 Å². The summed E-state index contributed by atoms with van der Waals surface area (Å²) < 4.78 is 5.23. The van der Waals surface area contributed by atoms with Gasteiger partial charge >= 0.3 is 0 Å². The van der Waals surface area contributed by atoms with Crippen LogP contribution in [0.2, 0.25) is 5.02 Å². The van der Waals surface area contributed by atoms with E-state index in [-0.39, 0.29) is 11.2 Å². The molecule has 0 aliphatic carbocycles. The number of halogens is 1. The molecule has 0 spiro atoms. The zero-order chi connectivity index (χ0) is 15.9. The van der Waals surface area contributed by atoms with Gasteiger partial charge in [-0.05, 0) is 30.7 Å². The molecule has 5 heteroatoms. The molecule has 22 heavy (non-hydrogen) atoms. The monoisotopic (exact) mass is 335 g/mol. The molecular formula is C17H18ClNO2S.